The number of nitrogens with zero attached hydrogens (tertiary/aromatic N) is 1. The van der Waals surface area contributed by atoms with Crippen molar-refractivity contribution in [2.75, 3.05) is 11.4 Å². The molecule has 0 fully saturated rings. The van der Waals surface area contributed by atoms with Crippen LogP contribution >= 0.6 is 0 Å². The van der Waals surface area contributed by atoms with E-state index in [4.69, 9.17) is 0 Å². The minimum absolute atomic E-state index is 0.0325. The number of hydrogen-bond acceptors (Lipinski definition) is 2. The Morgan fingerprint density at radius 1 is 1.19 bits per heavy atom. The van der Waals surface area contributed by atoms with Crippen LogP contribution in [0.2, 0.25) is 0 Å². The van der Waals surface area contributed by atoms with E-state index in [1.165, 1.54) is 0 Å². The largest absolute Gasteiger partial charge is 0.506 e. The van der Waals surface area contributed by atoms with Gasteiger partial charge in [0, 0.05) is 12.1 Å². The molecule has 1 heterocycles. The molecule has 0 bridgehead atoms. The fraction of sp³-hybridized carbons (Fsp3) is 0.278. The van der Waals surface area contributed by atoms with Crippen LogP contribution in [0, 0.1) is 13.8 Å². The summed E-state index contributed by atoms with van der Waals surface area (Å²) in [5.41, 5.74) is 4.54. The molecule has 1 aliphatic rings. The first-order chi connectivity index (χ1) is 10.1. The highest BCUT2D eigenvalue weighted by molar-refractivity contribution is 6.08. The molecule has 0 aromatic heterocycles. The third kappa shape index (κ3) is 2.40. The van der Waals surface area contributed by atoms with Gasteiger partial charge in [0.25, 0.3) is 5.91 Å². The van der Waals surface area contributed by atoms with E-state index < -0.39 is 0 Å². The number of phenolic OH excluding ortho intramolecular Hbond substituents is 1. The van der Waals surface area contributed by atoms with Crippen molar-refractivity contribution in [3.05, 3.63) is 58.7 Å². The SMILES string of the molecule is Cc1ccc(C(=O)N2CCCc3cccc(O)c32)c(C)c1. The Hall–Kier alpha value is -2.29. The first kappa shape index (κ1) is 13.7. The molecule has 3 nitrogen and oxygen atoms in total. The van der Waals surface area contributed by atoms with E-state index in [9.17, 15) is 9.90 Å². The molecule has 0 atom stereocenters. The predicted octanol–water partition coefficient (Wildman–Crippen LogP) is 3.60. The fourth-order valence-corrected chi connectivity index (χ4v) is 3.03. The Balaban J connectivity index is 2.04. The lowest BCUT2D eigenvalue weighted by molar-refractivity contribution is 0.0983. The van der Waals surface area contributed by atoms with Crippen LogP contribution < -0.4 is 4.90 Å². The van der Waals surface area contributed by atoms with Gasteiger partial charge in [-0.2, -0.15) is 0 Å². The van der Waals surface area contributed by atoms with Gasteiger partial charge in [0.05, 0.1) is 5.69 Å². The van der Waals surface area contributed by atoms with Crippen LogP contribution in [-0.2, 0) is 6.42 Å². The number of benzene rings is 2. The van der Waals surface area contributed by atoms with Crippen LogP contribution in [0.4, 0.5) is 5.69 Å². The number of aromatic hydroxyl groups is 1. The minimum Gasteiger partial charge on any atom is -0.506 e. The van der Waals surface area contributed by atoms with Gasteiger partial charge in [-0.3, -0.25) is 4.79 Å². The van der Waals surface area contributed by atoms with E-state index in [2.05, 4.69) is 0 Å². The van der Waals surface area contributed by atoms with Crippen LogP contribution in [0.15, 0.2) is 36.4 Å². The molecular weight excluding hydrogens is 262 g/mol. The molecule has 108 valence electrons. The van der Waals surface area contributed by atoms with E-state index in [1.807, 2.05) is 44.2 Å². The Morgan fingerprint density at radius 3 is 2.76 bits per heavy atom. The van der Waals surface area contributed by atoms with Crippen molar-refractivity contribution >= 4 is 11.6 Å². The molecule has 21 heavy (non-hydrogen) atoms. The highest BCUT2D eigenvalue weighted by atomic mass is 16.3. The van der Waals surface area contributed by atoms with Crippen LogP contribution in [0.1, 0.15) is 33.5 Å². The van der Waals surface area contributed by atoms with E-state index in [0.717, 1.165) is 29.5 Å². The molecule has 2 aromatic carbocycles. The molecule has 1 N–H and O–H groups in total. The topological polar surface area (TPSA) is 40.5 Å². The van der Waals surface area contributed by atoms with Crippen molar-refractivity contribution in [1.29, 1.82) is 0 Å². The Bertz CT molecular complexity index is 706. The molecule has 3 heteroatoms. The molecule has 0 aliphatic carbocycles. The van der Waals surface area contributed by atoms with Crippen molar-refractivity contribution < 1.29 is 9.90 Å². The monoisotopic (exact) mass is 281 g/mol. The summed E-state index contributed by atoms with van der Waals surface area (Å²) in [5, 5.41) is 10.1. The Labute approximate surface area is 124 Å². The van der Waals surface area contributed by atoms with Crippen molar-refractivity contribution in [3.8, 4) is 5.75 Å². The van der Waals surface area contributed by atoms with Gasteiger partial charge in [-0.1, -0.05) is 29.8 Å². The summed E-state index contributed by atoms with van der Waals surface area (Å²) < 4.78 is 0. The van der Waals surface area contributed by atoms with Gasteiger partial charge in [-0.05, 0) is 49.9 Å². The molecular formula is C18H19NO2. The molecule has 1 aliphatic heterocycles. The summed E-state index contributed by atoms with van der Waals surface area (Å²) in [5.74, 6) is 0.153. The molecule has 0 saturated carbocycles. The number of hydrogen-bond donors (Lipinski definition) is 1. The average Bonchev–Trinajstić information content (AvgIpc) is 2.46. The van der Waals surface area contributed by atoms with E-state index in [-0.39, 0.29) is 11.7 Å². The highest BCUT2D eigenvalue weighted by Gasteiger charge is 2.26. The smallest absolute Gasteiger partial charge is 0.258 e. The quantitative estimate of drug-likeness (QED) is 0.867. The van der Waals surface area contributed by atoms with Crippen molar-refractivity contribution in [3.63, 3.8) is 0 Å². The fourth-order valence-electron chi connectivity index (χ4n) is 3.03. The summed E-state index contributed by atoms with van der Waals surface area (Å²) >= 11 is 0. The predicted molar refractivity (Wildman–Crippen MR) is 84.0 cm³/mol. The molecule has 2 aromatic rings. The van der Waals surface area contributed by atoms with Gasteiger partial charge >= 0.3 is 0 Å². The van der Waals surface area contributed by atoms with Gasteiger partial charge in [-0.25, -0.2) is 0 Å². The van der Waals surface area contributed by atoms with Crippen LogP contribution in [-0.4, -0.2) is 17.6 Å². The third-order valence-corrected chi connectivity index (χ3v) is 4.05. The number of amides is 1. The zero-order chi connectivity index (χ0) is 15.0. The molecule has 3 rings (SSSR count). The Kier molecular flexibility index (Phi) is 3.42. The Morgan fingerprint density at radius 2 is 2.00 bits per heavy atom. The maximum Gasteiger partial charge on any atom is 0.258 e. The third-order valence-electron chi connectivity index (χ3n) is 4.05. The van der Waals surface area contributed by atoms with Gasteiger partial charge in [0.15, 0.2) is 0 Å². The summed E-state index contributed by atoms with van der Waals surface area (Å²) in [4.78, 5) is 14.6. The second kappa shape index (κ2) is 5.24. The highest BCUT2D eigenvalue weighted by Crippen LogP contribution is 2.36. The lowest BCUT2D eigenvalue weighted by Crippen LogP contribution is -2.35. The first-order valence-electron chi connectivity index (χ1n) is 7.28. The minimum atomic E-state index is -0.0325. The van der Waals surface area contributed by atoms with Crippen molar-refractivity contribution in [2.45, 2.75) is 26.7 Å². The number of carbonyl (C=O) groups is 1. The van der Waals surface area contributed by atoms with E-state index >= 15 is 0 Å². The zero-order valence-corrected chi connectivity index (χ0v) is 12.4. The number of aryl methyl sites for hydroxylation is 3. The maximum atomic E-state index is 12.9. The summed E-state index contributed by atoms with van der Waals surface area (Å²) in [6.45, 7) is 4.62. The van der Waals surface area contributed by atoms with Crippen molar-refractivity contribution in [1.82, 2.24) is 0 Å². The van der Waals surface area contributed by atoms with Crippen LogP contribution in [0.5, 0.6) is 5.75 Å². The molecule has 0 saturated heterocycles. The lowest BCUT2D eigenvalue weighted by atomic mass is 9.98. The van der Waals surface area contributed by atoms with Crippen LogP contribution in [0.3, 0.4) is 0 Å². The number of phenols is 1. The number of fused-ring (bicyclic) bond motifs is 1. The van der Waals surface area contributed by atoms with Gasteiger partial charge < -0.3 is 10.0 Å². The lowest BCUT2D eigenvalue weighted by Gasteiger charge is -2.30. The number of carbonyl (C=O) groups excluding carboxylic acids is 1. The summed E-state index contributed by atoms with van der Waals surface area (Å²) in [6.07, 6.45) is 1.83. The molecule has 0 unspecified atom stereocenters. The average molecular weight is 281 g/mol. The number of anilines is 1. The number of para-hydroxylation sites is 1. The van der Waals surface area contributed by atoms with Gasteiger partial charge in [0.1, 0.15) is 5.75 Å². The standard InChI is InChI=1S/C18H19NO2/c1-12-8-9-15(13(2)11-12)18(21)19-10-4-6-14-5-3-7-16(20)17(14)19/h3,5,7-9,11,20H,4,6,10H2,1-2H3. The molecule has 0 radical (unpaired) electrons. The zero-order valence-electron chi connectivity index (χ0n) is 12.4. The normalized spacial score (nSPS) is 13.9. The molecule has 0 spiro atoms. The summed E-state index contributed by atoms with van der Waals surface area (Å²) in [6, 6.07) is 11.3. The second-order valence-corrected chi connectivity index (χ2v) is 5.66. The first-order valence-corrected chi connectivity index (χ1v) is 7.28. The second-order valence-electron chi connectivity index (χ2n) is 5.66. The van der Waals surface area contributed by atoms with E-state index in [0.29, 0.717) is 17.8 Å². The van der Waals surface area contributed by atoms with E-state index in [1.54, 1.807) is 11.0 Å². The number of rotatable bonds is 1. The van der Waals surface area contributed by atoms with Gasteiger partial charge in [-0.15, -0.1) is 0 Å². The van der Waals surface area contributed by atoms with Gasteiger partial charge in [0.2, 0.25) is 0 Å². The van der Waals surface area contributed by atoms with Crippen LogP contribution in [0.25, 0.3) is 0 Å². The van der Waals surface area contributed by atoms with Crippen molar-refractivity contribution in [2.24, 2.45) is 0 Å². The summed E-state index contributed by atoms with van der Waals surface area (Å²) in [7, 11) is 0. The maximum absolute atomic E-state index is 12.9. The molecule has 1 amide bonds.